The molecule has 2 aliphatic heterocycles. The number of nitrogens with zero attached hydrogens (tertiary/aromatic N) is 3. The first-order chi connectivity index (χ1) is 11.1. The van der Waals surface area contributed by atoms with Gasteiger partial charge in [-0.05, 0) is 22.8 Å². The van der Waals surface area contributed by atoms with E-state index in [1.54, 1.807) is 12.1 Å². The molecule has 1 aromatic carbocycles. The van der Waals surface area contributed by atoms with Gasteiger partial charge in [-0.2, -0.15) is 0 Å². The number of nitrogens with one attached hydrogen (secondary N) is 1. The van der Waals surface area contributed by atoms with E-state index in [1.165, 1.54) is 5.57 Å². The van der Waals surface area contributed by atoms with Crippen LogP contribution in [-0.4, -0.2) is 30.0 Å². The van der Waals surface area contributed by atoms with Gasteiger partial charge in [0.1, 0.15) is 5.69 Å². The molecule has 116 valence electrons. The molecule has 3 heterocycles. The number of pyridine rings is 1. The lowest BCUT2D eigenvalue weighted by Gasteiger charge is -2.28. The van der Waals surface area contributed by atoms with E-state index in [0.717, 1.165) is 35.5 Å². The summed E-state index contributed by atoms with van der Waals surface area (Å²) in [7, 11) is 1.89. The summed E-state index contributed by atoms with van der Waals surface area (Å²) in [5, 5.41) is 14.6. The number of rotatable bonds is 2. The second-order valence-corrected chi connectivity index (χ2v) is 5.88. The van der Waals surface area contributed by atoms with Crippen LogP contribution >= 0.6 is 0 Å². The Bertz CT molecular complexity index is 844. The van der Waals surface area contributed by atoms with Crippen LogP contribution in [0.2, 0.25) is 0 Å². The number of aromatic nitrogens is 1. The fourth-order valence-corrected chi connectivity index (χ4v) is 3.35. The fraction of sp³-hybridized carbons (Fsp3) is 0.235. The Hall–Kier alpha value is -2.73. The molecule has 23 heavy (non-hydrogen) atoms. The van der Waals surface area contributed by atoms with E-state index < -0.39 is 0 Å². The highest BCUT2D eigenvalue weighted by Gasteiger charge is 2.28. The average molecular weight is 308 g/mol. The topological polar surface area (TPSA) is 71.3 Å². The summed E-state index contributed by atoms with van der Waals surface area (Å²) in [6, 6.07) is 7.32. The quantitative estimate of drug-likeness (QED) is 0.682. The molecule has 0 spiro atoms. The first-order valence-corrected chi connectivity index (χ1v) is 7.53. The molecule has 0 aliphatic carbocycles. The maximum Gasteiger partial charge on any atom is 0.293 e. The van der Waals surface area contributed by atoms with Gasteiger partial charge in [0, 0.05) is 44.5 Å². The van der Waals surface area contributed by atoms with Crippen molar-refractivity contribution >= 4 is 16.9 Å². The van der Waals surface area contributed by atoms with E-state index in [0.29, 0.717) is 12.2 Å². The van der Waals surface area contributed by atoms with E-state index >= 15 is 0 Å². The molecule has 0 saturated carbocycles. The summed E-state index contributed by atoms with van der Waals surface area (Å²) in [6.45, 7) is 2.37. The average Bonchev–Trinajstić information content (AvgIpc) is 3.08. The highest BCUT2D eigenvalue weighted by atomic mass is 16.6. The summed E-state index contributed by atoms with van der Waals surface area (Å²) in [6.07, 6.45) is 4.04. The van der Waals surface area contributed by atoms with Gasteiger partial charge in [-0.1, -0.05) is 18.2 Å². The monoisotopic (exact) mass is 308 g/mol. The molecule has 0 atom stereocenters. The predicted molar refractivity (Wildman–Crippen MR) is 89.3 cm³/mol. The van der Waals surface area contributed by atoms with Crippen molar-refractivity contribution in [3.8, 4) is 11.3 Å². The van der Waals surface area contributed by atoms with Gasteiger partial charge in [0.15, 0.2) is 0 Å². The van der Waals surface area contributed by atoms with Crippen LogP contribution in [0, 0.1) is 10.1 Å². The third-order valence-corrected chi connectivity index (χ3v) is 4.40. The van der Waals surface area contributed by atoms with E-state index in [4.69, 9.17) is 0 Å². The van der Waals surface area contributed by atoms with Gasteiger partial charge in [0.2, 0.25) is 0 Å². The Labute approximate surface area is 133 Å². The van der Waals surface area contributed by atoms with Gasteiger partial charge in [-0.25, -0.2) is 0 Å². The number of hydrogen-bond acceptors (Lipinski definition) is 5. The molecule has 0 fully saturated rings. The van der Waals surface area contributed by atoms with Crippen molar-refractivity contribution in [1.29, 1.82) is 0 Å². The molecule has 0 unspecified atom stereocenters. The minimum atomic E-state index is -0.330. The number of benzene rings is 1. The molecule has 1 aromatic heterocycles. The summed E-state index contributed by atoms with van der Waals surface area (Å²) in [5.41, 5.74) is 5.93. The van der Waals surface area contributed by atoms with E-state index in [2.05, 4.69) is 22.4 Å². The van der Waals surface area contributed by atoms with Crippen LogP contribution in [0.5, 0.6) is 0 Å². The maximum atomic E-state index is 11.3. The Kier molecular flexibility index (Phi) is 3.12. The number of nitro benzene ring substituents is 1. The fourth-order valence-electron chi connectivity index (χ4n) is 3.35. The largest absolute Gasteiger partial charge is 0.364 e. The zero-order valence-corrected chi connectivity index (χ0v) is 12.7. The minimum Gasteiger partial charge on any atom is -0.364 e. The molecular formula is C17H16N4O2. The smallest absolute Gasteiger partial charge is 0.293 e. The van der Waals surface area contributed by atoms with Crippen LogP contribution < -0.4 is 10.2 Å². The third kappa shape index (κ3) is 2.19. The number of para-hydroxylation sites is 1. The zero-order valence-electron chi connectivity index (χ0n) is 12.7. The van der Waals surface area contributed by atoms with Crippen LogP contribution in [0.4, 0.5) is 11.4 Å². The van der Waals surface area contributed by atoms with Crippen LogP contribution in [0.1, 0.15) is 11.1 Å². The van der Waals surface area contributed by atoms with E-state index in [-0.39, 0.29) is 10.6 Å². The second-order valence-electron chi connectivity index (χ2n) is 5.88. The summed E-state index contributed by atoms with van der Waals surface area (Å²) in [5.74, 6) is 0. The van der Waals surface area contributed by atoms with Gasteiger partial charge in [0.25, 0.3) is 5.69 Å². The standard InChI is InChI=1S/C17H16N4O2/c1-20-10-13-7-12(11-5-6-18-8-11)9-19-16(13)14-3-2-4-15(17(14)20)21(22)23/h2-5,7,9,18H,6,8,10H2,1H3. The van der Waals surface area contributed by atoms with Gasteiger partial charge in [0.05, 0.1) is 10.6 Å². The Balaban J connectivity index is 1.87. The number of fused-ring (bicyclic) bond motifs is 3. The Morgan fingerprint density at radius 2 is 2.26 bits per heavy atom. The Morgan fingerprint density at radius 3 is 3.00 bits per heavy atom. The third-order valence-electron chi connectivity index (χ3n) is 4.40. The van der Waals surface area contributed by atoms with Gasteiger partial charge < -0.3 is 10.2 Å². The van der Waals surface area contributed by atoms with Crippen molar-refractivity contribution in [2.24, 2.45) is 0 Å². The van der Waals surface area contributed by atoms with E-state index in [9.17, 15) is 10.1 Å². The number of anilines is 1. The summed E-state index contributed by atoms with van der Waals surface area (Å²) < 4.78 is 0. The molecule has 2 aliphatic rings. The summed E-state index contributed by atoms with van der Waals surface area (Å²) >= 11 is 0. The zero-order chi connectivity index (χ0) is 16.0. The lowest BCUT2D eigenvalue weighted by atomic mass is 9.95. The van der Waals surface area contributed by atoms with Gasteiger partial charge in [-0.3, -0.25) is 15.1 Å². The van der Waals surface area contributed by atoms with Crippen molar-refractivity contribution in [3.63, 3.8) is 0 Å². The molecule has 4 rings (SSSR count). The molecule has 0 amide bonds. The lowest BCUT2D eigenvalue weighted by Crippen LogP contribution is -2.23. The van der Waals surface area contributed by atoms with Gasteiger partial charge >= 0.3 is 0 Å². The first kappa shape index (κ1) is 13.9. The number of hydrogen-bond donors (Lipinski definition) is 1. The van der Waals surface area contributed by atoms with Crippen molar-refractivity contribution < 1.29 is 4.92 Å². The molecule has 0 saturated heterocycles. The molecule has 1 N–H and O–H groups in total. The molecule has 0 bridgehead atoms. The van der Waals surface area contributed by atoms with Gasteiger partial charge in [-0.15, -0.1) is 0 Å². The van der Waals surface area contributed by atoms with Crippen molar-refractivity contribution in [2.75, 3.05) is 25.0 Å². The SMILES string of the molecule is CN1Cc2cc(C3=CCNC3)cnc2-c2cccc([N+](=O)[O-])c21. The number of nitro groups is 1. The van der Waals surface area contributed by atoms with Crippen molar-refractivity contribution in [1.82, 2.24) is 10.3 Å². The van der Waals surface area contributed by atoms with Crippen LogP contribution in [0.3, 0.4) is 0 Å². The van der Waals surface area contributed by atoms with Crippen LogP contribution in [-0.2, 0) is 6.54 Å². The van der Waals surface area contributed by atoms with Crippen LogP contribution in [0.25, 0.3) is 16.8 Å². The molecule has 2 aromatic rings. The molecular weight excluding hydrogens is 292 g/mol. The van der Waals surface area contributed by atoms with E-state index in [1.807, 2.05) is 24.2 Å². The van der Waals surface area contributed by atoms with Crippen molar-refractivity contribution in [2.45, 2.75) is 6.54 Å². The minimum absolute atomic E-state index is 0.129. The molecule has 6 nitrogen and oxygen atoms in total. The van der Waals surface area contributed by atoms with Crippen molar-refractivity contribution in [3.05, 3.63) is 57.8 Å². The maximum absolute atomic E-state index is 11.3. The normalized spacial score (nSPS) is 15.9. The second kappa shape index (κ2) is 5.17. The summed E-state index contributed by atoms with van der Waals surface area (Å²) in [4.78, 5) is 17.5. The molecule has 0 radical (unpaired) electrons. The Morgan fingerprint density at radius 1 is 1.39 bits per heavy atom. The van der Waals surface area contributed by atoms with Crippen LogP contribution in [0.15, 0.2) is 36.5 Å². The first-order valence-electron chi connectivity index (χ1n) is 7.53. The predicted octanol–water partition coefficient (Wildman–Crippen LogP) is 2.59. The lowest BCUT2D eigenvalue weighted by molar-refractivity contribution is -0.384. The highest BCUT2D eigenvalue weighted by Crippen LogP contribution is 2.43. The highest BCUT2D eigenvalue weighted by molar-refractivity contribution is 5.87. The molecule has 6 heteroatoms.